The van der Waals surface area contributed by atoms with Crippen molar-refractivity contribution in [2.75, 3.05) is 31.2 Å². The average molecular weight is 334 g/mol. The van der Waals surface area contributed by atoms with Crippen molar-refractivity contribution in [1.82, 2.24) is 15.3 Å². The minimum absolute atomic E-state index is 0.0537. The van der Waals surface area contributed by atoms with E-state index in [4.69, 9.17) is 4.74 Å². The van der Waals surface area contributed by atoms with Crippen LogP contribution in [0.3, 0.4) is 0 Å². The number of rotatable bonds is 4. The van der Waals surface area contributed by atoms with Gasteiger partial charge in [0.15, 0.2) is 0 Å². The van der Waals surface area contributed by atoms with Gasteiger partial charge in [0, 0.05) is 37.3 Å². The maximum atomic E-state index is 13.6. The van der Waals surface area contributed by atoms with Crippen molar-refractivity contribution in [1.29, 1.82) is 0 Å². The zero-order chi connectivity index (χ0) is 16.9. The molecule has 1 aromatic heterocycles. The van der Waals surface area contributed by atoms with E-state index in [1.807, 2.05) is 4.90 Å². The van der Waals surface area contributed by atoms with E-state index < -0.39 is 17.5 Å². The molecule has 1 aromatic carbocycles. The number of hydrogen-bond acceptors (Lipinski definition) is 5. The predicted octanol–water partition coefficient (Wildman–Crippen LogP) is 1.52. The van der Waals surface area contributed by atoms with Crippen molar-refractivity contribution in [3.05, 3.63) is 53.5 Å². The van der Waals surface area contributed by atoms with Crippen LogP contribution >= 0.6 is 0 Å². The molecule has 1 fully saturated rings. The Morgan fingerprint density at radius 1 is 1.21 bits per heavy atom. The first-order chi connectivity index (χ1) is 11.6. The summed E-state index contributed by atoms with van der Waals surface area (Å²) < 4.78 is 31.7. The number of nitrogens with zero attached hydrogens (tertiary/aromatic N) is 3. The first-order valence-corrected chi connectivity index (χ1v) is 7.50. The summed E-state index contributed by atoms with van der Waals surface area (Å²) in [5.74, 6) is -1.16. The average Bonchev–Trinajstić information content (AvgIpc) is 2.61. The van der Waals surface area contributed by atoms with Crippen LogP contribution in [0.1, 0.15) is 16.1 Å². The smallest absolute Gasteiger partial charge is 0.270 e. The number of aromatic nitrogens is 2. The zero-order valence-corrected chi connectivity index (χ0v) is 12.8. The van der Waals surface area contributed by atoms with Crippen molar-refractivity contribution in [3.8, 4) is 0 Å². The van der Waals surface area contributed by atoms with Gasteiger partial charge in [0.05, 0.1) is 13.2 Å². The summed E-state index contributed by atoms with van der Waals surface area (Å²) in [5, 5.41) is 2.57. The van der Waals surface area contributed by atoms with Gasteiger partial charge in [-0.3, -0.25) is 4.79 Å². The Morgan fingerprint density at radius 3 is 2.75 bits per heavy atom. The summed E-state index contributed by atoms with van der Waals surface area (Å²) >= 11 is 0. The summed E-state index contributed by atoms with van der Waals surface area (Å²) in [6.07, 6.45) is 1.32. The van der Waals surface area contributed by atoms with Crippen molar-refractivity contribution < 1.29 is 18.3 Å². The predicted molar refractivity (Wildman–Crippen MR) is 82.6 cm³/mol. The molecule has 24 heavy (non-hydrogen) atoms. The lowest BCUT2D eigenvalue weighted by molar-refractivity contribution is 0.0945. The Hall–Kier alpha value is -2.61. The van der Waals surface area contributed by atoms with Gasteiger partial charge in [0.1, 0.15) is 29.5 Å². The Labute approximate surface area is 137 Å². The normalized spacial score (nSPS) is 14.5. The number of carbonyl (C=O) groups is 1. The molecule has 0 radical (unpaired) electrons. The quantitative estimate of drug-likeness (QED) is 0.918. The van der Waals surface area contributed by atoms with Crippen LogP contribution in [0.15, 0.2) is 30.6 Å². The van der Waals surface area contributed by atoms with Gasteiger partial charge in [-0.1, -0.05) is 6.07 Å². The van der Waals surface area contributed by atoms with Crippen LogP contribution in [0.5, 0.6) is 0 Å². The van der Waals surface area contributed by atoms with Crippen molar-refractivity contribution >= 4 is 11.7 Å². The van der Waals surface area contributed by atoms with Crippen molar-refractivity contribution in [3.63, 3.8) is 0 Å². The van der Waals surface area contributed by atoms with Gasteiger partial charge in [-0.25, -0.2) is 18.7 Å². The molecule has 0 unspecified atom stereocenters. The van der Waals surface area contributed by atoms with Gasteiger partial charge >= 0.3 is 0 Å². The molecular weight excluding hydrogens is 318 g/mol. The topological polar surface area (TPSA) is 67.4 Å². The van der Waals surface area contributed by atoms with Gasteiger partial charge in [-0.2, -0.15) is 0 Å². The zero-order valence-electron chi connectivity index (χ0n) is 12.8. The third-order valence-electron chi connectivity index (χ3n) is 3.67. The van der Waals surface area contributed by atoms with E-state index in [-0.39, 0.29) is 17.8 Å². The first kappa shape index (κ1) is 16.3. The number of amides is 1. The largest absolute Gasteiger partial charge is 0.378 e. The van der Waals surface area contributed by atoms with Crippen LogP contribution in [0, 0.1) is 11.6 Å². The molecule has 1 aliphatic rings. The second-order valence-corrected chi connectivity index (χ2v) is 5.28. The standard InChI is InChI=1S/C16H16F2N4O2/c17-12-2-1-11(13(18)7-12)9-19-16(23)14-8-15(21-10-20-14)22-3-5-24-6-4-22/h1-2,7-8,10H,3-6,9H2,(H,19,23). The molecule has 0 saturated carbocycles. The third-order valence-corrected chi connectivity index (χ3v) is 3.67. The van der Waals surface area contributed by atoms with Crippen LogP contribution < -0.4 is 10.2 Å². The second-order valence-electron chi connectivity index (χ2n) is 5.28. The van der Waals surface area contributed by atoms with Crippen LogP contribution in [0.4, 0.5) is 14.6 Å². The number of benzene rings is 1. The van der Waals surface area contributed by atoms with Crippen LogP contribution in [0.2, 0.25) is 0 Å². The number of nitrogens with one attached hydrogen (secondary N) is 1. The van der Waals surface area contributed by atoms with Crippen LogP contribution in [-0.4, -0.2) is 42.2 Å². The number of hydrogen-bond donors (Lipinski definition) is 1. The van der Waals surface area contributed by atoms with Gasteiger partial charge in [0.25, 0.3) is 5.91 Å². The summed E-state index contributed by atoms with van der Waals surface area (Å²) in [7, 11) is 0. The number of ether oxygens (including phenoxy) is 1. The highest BCUT2D eigenvalue weighted by Gasteiger charge is 2.15. The molecule has 2 aromatic rings. The van der Waals surface area contributed by atoms with Crippen molar-refractivity contribution in [2.45, 2.75) is 6.54 Å². The molecule has 126 valence electrons. The lowest BCUT2D eigenvalue weighted by Gasteiger charge is -2.27. The van der Waals surface area contributed by atoms with E-state index in [2.05, 4.69) is 15.3 Å². The number of anilines is 1. The molecule has 8 heteroatoms. The van der Waals surface area contributed by atoms with Crippen molar-refractivity contribution in [2.24, 2.45) is 0 Å². The molecule has 6 nitrogen and oxygen atoms in total. The Bertz CT molecular complexity index is 736. The molecule has 1 aliphatic heterocycles. The Morgan fingerprint density at radius 2 is 2.00 bits per heavy atom. The lowest BCUT2D eigenvalue weighted by Crippen LogP contribution is -2.37. The maximum absolute atomic E-state index is 13.6. The van der Waals surface area contributed by atoms with Crippen LogP contribution in [0.25, 0.3) is 0 Å². The van der Waals surface area contributed by atoms with Gasteiger partial charge in [-0.05, 0) is 6.07 Å². The van der Waals surface area contributed by atoms with E-state index in [0.29, 0.717) is 32.1 Å². The highest BCUT2D eigenvalue weighted by molar-refractivity contribution is 5.92. The minimum Gasteiger partial charge on any atom is -0.378 e. The fraction of sp³-hybridized carbons (Fsp3) is 0.312. The van der Waals surface area contributed by atoms with Gasteiger partial charge < -0.3 is 15.0 Å². The lowest BCUT2D eigenvalue weighted by atomic mass is 10.2. The molecule has 0 spiro atoms. The molecule has 2 heterocycles. The molecule has 1 amide bonds. The summed E-state index contributed by atoms with van der Waals surface area (Å²) in [4.78, 5) is 22.3. The second kappa shape index (κ2) is 7.31. The maximum Gasteiger partial charge on any atom is 0.270 e. The van der Waals surface area contributed by atoms with Gasteiger partial charge in [0.2, 0.25) is 0 Å². The fourth-order valence-electron chi connectivity index (χ4n) is 2.37. The summed E-state index contributed by atoms with van der Waals surface area (Å²) in [6, 6.07) is 4.81. The molecule has 0 bridgehead atoms. The molecule has 1 saturated heterocycles. The van der Waals surface area contributed by atoms with E-state index >= 15 is 0 Å². The monoisotopic (exact) mass is 334 g/mol. The Kier molecular flexibility index (Phi) is 4.95. The summed E-state index contributed by atoms with van der Waals surface area (Å²) in [5.41, 5.74) is 0.390. The number of morpholine rings is 1. The van der Waals surface area contributed by atoms with Crippen LogP contribution in [-0.2, 0) is 11.3 Å². The fourth-order valence-corrected chi connectivity index (χ4v) is 2.37. The highest BCUT2D eigenvalue weighted by Crippen LogP contribution is 2.13. The number of carbonyl (C=O) groups excluding carboxylic acids is 1. The highest BCUT2D eigenvalue weighted by atomic mass is 19.1. The molecule has 0 atom stereocenters. The number of halogens is 2. The molecule has 3 rings (SSSR count). The van der Waals surface area contributed by atoms with E-state index in [1.165, 1.54) is 12.4 Å². The van der Waals surface area contributed by atoms with E-state index in [1.54, 1.807) is 6.07 Å². The molecular formula is C16H16F2N4O2. The van der Waals surface area contributed by atoms with E-state index in [9.17, 15) is 13.6 Å². The van der Waals surface area contributed by atoms with Gasteiger partial charge in [-0.15, -0.1) is 0 Å². The first-order valence-electron chi connectivity index (χ1n) is 7.50. The van der Waals surface area contributed by atoms with E-state index in [0.717, 1.165) is 12.1 Å². The SMILES string of the molecule is O=C(NCc1ccc(F)cc1F)c1cc(N2CCOCC2)ncn1. The molecule has 1 N–H and O–H groups in total. The summed E-state index contributed by atoms with van der Waals surface area (Å²) in [6.45, 7) is 2.55. The Balaban J connectivity index is 1.66. The molecule has 0 aliphatic carbocycles. The minimum atomic E-state index is -0.702. The third kappa shape index (κ3) is 3.83.